The van der Waals surface area contributed by atoms with Gasteiger partial charge in [-0.1, -0.05) is 17.7 Å². The van der Waals surface area contributed by atoms with Gasteiger partial charge in [0.05, 0.1) is 17.8 Å². The molecule has 2 rings (SSSR count). The second kappa shape index (κ2) is 5.14. The molecule has 90 valence electrons. The summed E-state index contributed by atoms with van der Waals surface area (Å²) < 4.78 is 13.4. The van der Waals surface area contributed by atoms with Gasteiger partial charge in [-0.05, 0) is 12.1 Å². The smallest absolute Gasteiger partial charge is 0.214 e. The van der Waals surface area contributed by atoms with Gasteiger partial charge in [-0.25, -0.2) is 14.4 Å². The minimum absolute atomic E-state index is 0.277. The highest BCUT2D eigenvalue weighted by Crippen LogP contribution is 2.16. The van der Waals surface area contributed by atoms with Crippen molar-refractivity contribution >= 4 is 23.8 Å². The average Bonchev–Trinajstić information content (AvgIpc) is 2.81. The first-order chi connectivity index (χ1) is 8.18. The summed E-state index contributed by atoms with van der Waals surface area (Å²) in [5, 5.41) is 9.03. The maximum atomic E-state index is 13.4. The Morgan fingerprint density at radius 1 is 1.59 bits per heavy atom. The van der Waals surface area contributed by atoms with Crippen molar-refractivity contribution in [3.8, 4) is 0 Å². The normalized spacial score (nSPS) is 14.9. The van der Waals surface area contributed by atoms with Gasteiger partial charge >= 0.3 is 0 Å². The number of nitrogens with zero attached hydrogens (tertiary/aromatic N) is 3. The minimum atomic E-state index is -0.393. The highest BCUT2D eigenvalue weighted by atomic mass is 35.5. The molecule has 1 aliphatic heterocycles. The Bertz CT molecular complexity index is 452. The Balaban J connectivity index is 2.14. The van der Waals surface area contributed by atoms with E-state index in [0.29, 0.717) is 11.0 Å². The van der Waals surface area contributed by atoms with Crippen molar-refractivity contribution < 1.29 is 4.39 Å². The van der Waals surface area contributed by atoms with Gasteiger partial charge < -0.3 is 5.32 Å². The van der Waals surface area contributed by atoms with Crippen LogP contribution in [0.3, 0.4) is 0 Å². The predicted molar refractivity (Wildman–Crippen MR) is 67.1 cm³/mol. The van der Waals surface area contributed by atoms with Gasteiger partial charge in [0.15, 0.2) is 0 Å². The van der Waals surface area contributed by atoms with E-state index in [4.69, 9.17) is 11.6 Å². The van der Waals surface area contributed by atoms with Crippen LogP contribution < -0.4 is 5.32 Å². The van der Waals surface area contributed by atoms with Crippen molar-refractivity contribution in [1.82, 2.24) is 10.3 Å². The molecule has 0 spiro atoms. The van der Waals surface area contributed by atoms with E-state index in [-0.39, 0.29) is 5.56 Å². The van der Waals surface area contributed by atoms with Gasteiger partial charge in [-0.15, -0.1) is 0 Å². The SMILES string of the molecule is CN(/N=C/c1c(F)cccc1Cl)C1=NCCN1. The fourth-order valence-corrected chi connectivity index (χ4v) is 1.65. The van der Waals surface area contributed by atoms with Gasteiger partial charge in [0, 0.05) is 19.2 Å². The fourth-order valence-electron chi connectivity index (χ4n) is 1.44. The van der Waals surface area contributed by atoms with Crippen LogP contribution in [0.15, 0.2) is 28.3 Å². The molecule has 0 atom stereocenters. The van der Waals surface area contributed by atoms with Crippen LogP contribution in [0.5, 0.6) is 0 Å². The molecule has 4 nitrogen and oxygen atoms in total. The van der Waals surface area contributed by atoms with Crippen LogP contribution in [0, 0.1) is 5.82 Å². The second-order valence-corrected chi connectivity index (χ2v) is 3.94. The van der Waals surface area contributed by atoms with Crippen LogP contribution in [0.25, 0.3) is 0 Å². The Morgan fingerprint density at radius 3 is 3.06 bits per heavy atom. The average molecular weight is 255 g/mol. The third-order valence-corrected chi connectivity index (χ3v) is 2.65. The van der Waals surface area contributed by atoms with Gasteiger partial charge in [0.1, 0.15) is 5.82 Å². The van der Waals surface area contributed by atoms with Crippen LogP contribution in [0.1, 0.15) is 5.56 Å². The zero-order chi connectivity index (χ0) is 12.3. The largest absolute Gasteiger partial charge is 0.353 e. The van der Waals surface area contributed by atoms with Crippen molar-refractivity contribution in [3.63, 3.8) is 0 Å². The maximum absolute atomic E-state index is 13.4. The lowest BCUT2D eigenvalue weighted by Crippen LogP contribution is -2.32. The lowest BCUT2D eigenvalue weighted by atomic mass is 10.2. The monoisotopic (exact) mass is 254 g/mol. The number of rotatable bonds is 2. The van der Waals surface area contributed by atoms with Crippen LogP contribution in [-0.4, -0.2) is 37.3 Å². The Labute approximate surface area is 104 Å². The number of aliphatic imine (C=N–C) groups is 1. The molecule has 0 saturated carbocycles. The molecule has 0 aliphatic carbocycles. The summed E-state index contributed by atoms with van der Waals surface area (Å²) in [6, 6.07) is 4.53. The van der Waals surface area contributed by atoms with Crippen molar-refractivity contribution in [2.75, 3.05) is 20.1 Å². The molecule has 6 heteroatoms. The molecule has 0 radical (unpaired) electrons. The third-order valence-electron chi connectivity index (χ3n) is 2.32. The molecule has 1 aromatic rings. The number of benzene rings is 1. The van der Waals surface area contributed by atoms with Crippen molar-refractivity contribution in [3.05, 3.63) is 34.6 Å². The molecular weight excluding hydrogens is 243 g/mol. The van der Waals surface area contributed by atoms with E-state index < -0.39 is 5.82 Å². The lowest BCUT2D eigenvalue weighted by Gasteiger charge is -2.12. The highest BCUT2D eigenvalue weighted by molar-refractivity contribution is 6.33. The summed E-state index contributed by atoms with van der Waals surface area (Å²) >= 11 is 5.88. The molecule has 0 amide bonds. The Morgan fingerprint density at radius 2 is 2.41 bits per heavy atom. The van der Waals surface area contributed by atoms with E-state index in [2.05, 4.69) is 15.4 Å². The van der Waals surface area contributed by atoms with Crippen LogP contribution in [-0.2, 0) is 0 Å². The zero-order valence-electron chi connectivity index (χ0n) is 9.32. The summed E-state index contributed by atoms with van der Waals surface area (Å²) in [5.74, 6) is 0.282. The van der Waals surface area contributed by atoms with E-state index >= 15 is 0 Å². The number of guanidine groups is 1. The number of hydrogen-bond acceptors (Lipinski definition) is 4. The van der Waals surface area contributed by atoms with Gasteiger partial charge in [0.2, 0.25) is 5.96 Å². The summed E-state index contributed by atoms with van der Waals surface area (Å²) in [6.45, 7) is 1.53. The topological polar surface area (TPSA) is 40.0 Å². The molecule has 1 aliphatic rings. The quantitative estimate of drug-likeness (QED) is 0.645. The molecule has 1 aromatic carbocycles. The minimum Gasteiger partial charge on any atom is -0.353 e. The molecule has 0 saturated heterocycles. The van der Waals surface area contributed by atoms with E-state index in [0.717, 1.165) is 13.1 Å². The van der Waals surface area contributed by atoms with Gasteiger partial charge in [-0.2, -0.15) is 5.10 Å². The van der Waals surface area contributed by atoms with E-state index in [1.807, 2.05) is 0 Å². The predicted octanol–water partition coefficient (Wildman–Crippen LogP) is 1.70. The van der Waals surface area contributed by atoms with Crippen molar-refractivity contribution in [2.24, 2.45) is 10.1 Å². The van der Waals surface area contributed by atoms with Crippen molar-refractivity contribution in [1.29, 1.82) is 0 Å². The first-order valence-corrected chi connectivity index (χ1v) is 5.56. The summed E-state index contributed by atoms with van der Waals surface area (Å²) in [5.41, 5.74) is 0.277. The highest BCUT2D eigenvalue weighted by Gasteiger charge is 2.09. The first-order valence-electron chi connectivity index (χ1n) is 5.18. The molecule has 0 aromatic heterocycles. The molecule has 1 N–H and O–H groups in total. The maximum Gasteiger partial charge on any atom is 0.214 e. The summed E-state index contributed by atoms with van der Waals surface area (Å²) in [7, 11) is 1.74. The molecule has 0 fully saturated rings. The Hall–Kier alpha value is -1.62. The van der Waals surface area contributed by atoms with E-state index in [1.165, 1.54) is 12.3 Å². The van der Waals surface area contributed by atoms with Crippen LogP contribution >= 0.6 is 11.6 Å². The molecule has 0 bridgehead atoms. The first kappa shape index (κ1) is 11.9. The fraction of sp³-hybridized carbons (Fsp3) is 0.273. The van der Waals surface area contributed by atoms with Crippen molar-refractivity contribution in [2.45, 2.75) is 0 Å². The van der Waals surface area contributed by atoms with E-state index in [1.54, 1.807) is 24.2 Å². The van der Waals surface area contributed by atoms with Gasteiger partial charge in [-0.3, -0.25) is 0 Å². The summed E-state index contributed by atoms with van der Waals surface area (Å²) in [6.07, 6.45) is 1.39. The number of hydrazone groups is 1. The van der Waals surface area contributed by atoms with Crippen LogP contribution in [0.2, 0.25) is 5.02 Å². The number of nitrogens with one attached hydrogen (secondary N) is 1. The molecule has 1 heterocycles. The van der Waals surface area contributed by atoms with Gasteiger partial charge in [0.25, 0.3) is 0 Å². The number of hydrogen-bond donors (Lipinski definition) is 1. The molecule has 17 heavy (non-hydrogen) atoms. The van der Waals surface area contributed by atoms with E-state index in [9.17, 15) is 4.39 Å². The summed E-state index contributed by atoms with van der Waals surface area (Å²) in [4.78, 5) is 4.18. The standard InChI is InChI=1S/C11H12ClFN4/c1-17(11-14-5-6-15-11)16-7-8-9(12)3-2-4-10(8)13/h2-4,7H,5-6H2,1H3,(H,14,15)/b16-7+. The molecule has 0 unspecified atom stereocenters. The van der Waals surface area contributed by atoms with Crippen LogP contribution in [0.4, 0.5) is 4.39 Å². The zero-order valence-corrected chi connectivity index (χ0v) is 10.1. The molecular formula is C11H12ClFN4. The second-order valence-electron chi connectivity index (χ2n) is 3.54. The number of halogens is 2. The lowest BCUT2D eigenvalue weighted by molar-refractivity contribution is 0.530. The Kier molecular flexibility index (Phi) is 3.58. The third kappa shape index (κ3) is 2.74.